The summed E-state index contributed by atoms with van der Waals surface area (Å²) in [5.74, 6) is 4.71. The molecule has 0 amide bonds. The Bertz CT molecular complexity index is 815. The lowest BCUT2D eigenvalue weighted by molar-refractivity contribution is -0.177. The molecule has 0 aromatic carbocycles. The van der Waals surface area contributed by atoms with Crippen LogP contribution >= 0.6 is 0 Å². The maximum absolute atomic E-state index is 12.4. The number of fused-ring (bicyclic) bond motifs is 7. The normalized spacial score (nSPS) is 41.4. The van der Waals surface area contributed by atoms with Gasteiger partial charge in [-0.3, -0.25) is 9.59 Å². The Morgan fingerprint density at radius 2 is 1.34 bits per heavy atom. The average Bonchev–Trinajstić information content (AvgIpc) is 3.58. The fourth-order valence-electron chi connectivity index (χ4n) is 8.17. The van der Waals surface area contributed by atoms with E-state index in [1.54, 1.807) is 0 Å². The monoisotopic (exact) mass is 488 g/mol. The first-order valence-electron chi connectivity index (χ1n) is 14.7. The SMILES string of the molecule is CCC(C)(C)C(=O)OC1(C)CC2CC1C1CCCC21.CCC(C)(C)C(=O)OC1(C)CC2CCC1C2. The fraction of sp³-hybridized carbons (Fsp3) is 0.935. The van der Waals surface area contributed by atoms with Gasteiger partial charge in [-0.1, -0.05) is 20.3 Å². The van der Waals surface area contributed by atoms with E-state index in [4.69, 9.17) is 9.47 Å². The molecular formula is C31H52O4. The summed E-state index contributed by atoms with van der Waals surface area (Å²) in [6, 6.07) is 0. The summed E-state index contributed by atoms with van der Waals surface area (Å²) in [6.07, 6.45) is 13.3. The molecule has 5 aliphatic carbocycles. The number of ether oxygens (including phenoxy) is 2. The van der Waals surface area contributed by atoms with Crippen molar-refractivity contribution in [2.24, 2.45) is 46.3 Å². The van der Waals surface area contributed by atoms with Gasteiger partial charge in [0.25, 0.3) is 0 Å². The van der Waals surface area contributed by atoms with Crippen LogP contribution in [0.5, 0.6) is 0 Å². The number of carbonyl (C=O) groups is 2. The molecule has 0 saturated heterocycles. The van der Waals surface area contributed by atoms with Gasteiger partial charge in [-0.25, -0.2) is 0 Å². The number of hydrogen-bond donors (Lipinski definition) is 0. The van der Waals surface area contributed by atoms with E-state index < -0.39 is 0 Å². The molecule has 200 valence electrons. The number of carbonyl (C=O) groups excluding carboxylic acids is 2. The van der Waals surface area contributed by atoms with Gasteiger partial charge in [-0.2, -0.15) is 0 Å². The van der Waals surface area contributed by atoms with Crippen molar-refractivity contribution in [3.05, 3.63) is 0 Å². The van der Waals surface area contributed by atoms with Crippen molar-refractivity contribution >= 4 is 11.9 Å². The van der Waals surface area contributed by atoms with Crippen molar-refractivity contribution in [1.29, 1.82) is 0 Å². The molecule has 5 fully saturated rings. The van der Waals surface area contributed by atoms with Crippen molar-refractivity contribution in [3.8, 4) is 0 Å². The van der Waals surface area contributed by atoms with Crippen LogP contribution in [0.2, 0.25) is 0 Å². The maximum Gasteiger partial charge on any atom is 0.312 e. The largest absolute Gasteiger partial charge is 0.459 e. The average molecular weight is 489 g/mol. The van der Waals surface area contributed by atoms with E-state index in [-0.39, 0.29) is 34.0 Å². The number of rotatable bonds is 6. The molecule has 0 aromatic heterocycles. The first-order valence-corrected chi connectivity index (χ1v) is 14.7. The summed E-state index contributed by atoms with van der Waals surface area (Å²) in [7, 11) is 0. The van der Waals surface area contributed by atoms with Gasteiger partial charge in [0.05, 0.1) is 10.8 Å². The predicted octanol–water partition coefficient (Wildman–Crippen LogP) is 7.73. The molecule has 0 aliphatic heterocycles. The van der Waals surface area contributed by atoms with Crippen LogP contribution in [0, 0.1) is 46.3 Å². The molecule has 5 rings (SSSR count). The van der Waals surface area contributed by atoms with E-state index >= 15 is 0 Å². The standard InChI is InChI=1S/C17H28O2.C14H24O2/c1-5-16(2,3)15(18)19-17(4)10-11-9-14(17)13-8-6-7-12(11)13;1-5-13(2,3)12(15)16-14(4)9-10-6-7-11(14)8-10/h11-14H,5-10H2,1-4H3;10-11H,5-9H2,1-4H3. The molecule has 8 atom stereocenters. The van der Waals surface area contributed by atoms with E-state index in [9.17, 15) is 9.59 Å². The predicted molar refractivity (Wildman–Crippen MR) is 140 cm³/mol. The summed E-state index contributed by atoms with van der Waals surface area (Å²) < 4.78 is 11.9. The lowest BCUT2D eigenvalue weighted by atomic mass is 9.73. The van der Waals surface area contributed by atoms with Crippen molar-refractivity contribution in [3.63, 3.8) is 0 Å². The molecule has 4 heteroatoms. The fourth-order valence-corrected chi connectivity index (χ4v) is 8.17. The minimum Gasteiger partial charge on any atom is -0.459 e. The Morgan fingerprint density at radius 3 is 1.86 bits per heavy atom. The Kier molecular flexibility index (Phi) is 7.21. The molecule has 8 unspecified atom stereocenters. The van der Waals surface area contributed by atoms with Crippen molar-refractivity contribution < 1.29 is 19.1 Å². The van der Waals surface area contributed by atoms with Crippen LogP contribution in [0.4, 0.5) is 0 Å². The molecule has 0 heterocycles. The summed E-state index contributed by atoms with van der Waals surface area (Å²) in [4.78, 5) is 24.5. The smallest absolute Gasteiger partial charge is 0.312 e. The highest BCUT2D eigenvalue weighted by Crippen LogP contribution is 2.63. The highest BCUT2D eigenvalue weighted by Gasteiger charge is 2.61. The molecule has 5 aliphatic rings. The van der Waals surface area contributed by atoms with Crippen molar-refractivity contribution in [1.82, 2.24) is 0 Å². The van der Waals surface area contributed by atoms with Gasteiger partial charge in [0.1, 0.15) is 11.2 Å². The van der Waals surface area contributed by atoms with Crippen LogP contribution in [-0.2, 0) is 19.1 Å². The topological polar surface area (TPSA) is 52.6 Å². The van der Waals surface area contributed by atoms with Gasteiger partial charge in [-0.15, -0.1) is 0 Å². The Balaban J connectivity index is 0.000000168. The number of hydrogen-bond acceptors (Lipinski definition) is 4. The third kappa shape index (κ3) is 4.93. The van der Waals surface area contributed by atoms with Crippen LogP contribution < -0.4 is 0 Å². The Morgan fingerprint density at radius 1 is 0.771 bits per heavy atom. The molecule has 0 radical (unpaired) electrons. The van der Waals surface area contributed by atoms with Crippen molar-refractivity contribution in [2.75, 3.05) is 0 Å². The summed E-state index contributed by atoms with van der Waals surface area (Å²) in [5.41, 5.74) is -0.989. The van der Waals surface area contributed by atoms with E-state index in [0.29, 0.717) is 11.8 Å². The highest BCUT2D eigenvalue weighted by atomic mass is 16.6. The molecule has 0 N–H and O–H groups in total. The minimum atomic E-state index is -0.333. The number of esters is 2. The Hall–Kier alpha value is -1.06. The zero-order valence-electron chi connectivity index (χ0n) is 23.9. The van der Waals surface area contributed by atoms with Gasteiger partial charge in [-0.05, 0) is 135 Å². The van der Waals surface area contributed by atoms with Crippen LogP contribution in [-0.4, -0.2) is 23.1 Å². The third-order valence-corrected chi connectivity index (χ3v) is 11.4. The molecular weight excluding hydrogens is 436 g/mol. The van der Waals surface area contributed by atoms with E-state index in [2.05, 4.69) is 20.8 Å². The second kappa shape index (κ2) is 9.35. The van der Waals surface area contributed by atoms with Gasteiger partial charge in [0.15, 0.2) is 0 Å². The van der Waals surface area contributed by atoms with Gasteiger partial charge in [0, 0.05) is 5.92 Å². The quantitative estimate of drug-likeness (QED) is 0.359. The first kappa shape index (κ1) is 27.0. The van der Waals surface area contributed by atoms with Crippen LogP contribution in [0.25, 0.3) is 0 Å². The zero-order chi connectivity index (χ0) is 25.8. The lowest BCUT2D eigenvalue weighted by Crippen LogP contribution is -2.45. The van der Waals surface area contributed by atoms with Gasteiger partial charge < -0.3 is 9.47 Å². The molecule has 35 heavy (non-hydrogen) atoms. The summed E-state index contributed by atoms with van der Waals surface area (Å²) >= 11 is 0. The second-order valence-electron chi connectivity index (χ2n) is 14.5. The summed E-state index contributed by atoms with van der Waals surface area (Å²) in [5, 5.41) is 0. The van der Waals surface area contributed by atoms with E-state index in [1.165, 1.54) is 44.9 Å². The highest BCUT2D eigenvalue weighted by molar-refractivity contribution is 5.76. The van der Waals surface area contributed by atoms with Gasteiger partial charge in [0.2, 0.25) is 0 Å². The first-order chi connectivity index (χ1) is 16.2. The third-order valence-electron chi connectivity index (χ3n) is 11.4. The Labute approximate surface area is 214 Å². The second-order valence-corrected chi connectivity index (χ2v) is 14.5. The van der Waals surface area contributed by atoms with E-state index in [0.717, 1.165) is 49.4 Å². The summed E-state index contributed by atoms with van der Waals surface area (Å²) in [6.45, 7) is 16.4. The molecule has 0 spiro atoms. The van der Waals surface area contributed by atoms with Crippen LogP contribution in [0.1, 0.15) is 126 Å². The lowest BCUT2D eigenvalue weighted by Gasteiger charge is -2.41. The molecule has 4 nitrogen and oxygen atoms in total. The zero-order valence-corrected chi connectivity index (χ0v) is 23.9. The van der Waals surface area contributed by atoms with Crippen molar-refractivity contribution in [2.45, 2.75) is 137 Å². The van der Waals surface area contributed by atoms with Crippen LogP contribution in [0.3, 0.4) is 0 Å². The minimum absolute atomic E-state index is 0.00921. The molecule has 5 saturated carbocycles. The van der Waals surface area contributed by atoms with E-state index in [1.807, 2.05) is 34.6 Å². The molecule has 4 bridgehead atoms. The van der Waals surface area contributed by atoms with Crippen LogP contribution in [0.15, 0.2) is 0 Å². The maximum atomic E-state index is 12.4. The van der Waals surface area contributed by atoms with Gasteiger partial charge >= 0.3 is 11.9 Å². The molecule has 0 aromatic rings.